The fourth-order valence-corrected chi connectivity index (χ4v) is 3.75. The smallest absolute Gasteiger partial charge is 0.253 e. The van der Waals surface area contributed by atoms with Crippen LogP contribution in [0.25, 0.3) is 0 Å². The highest BCUT2D eigenvalue weighted by atomic mass is 16.5. The molecule has 0 spiro atoms. The summed E-state index contributed by atoms with van der Waals surface area (Å²) in [5, 5.41) is 0. The third kappa shape index (κ3) is 5.41. The SMILES string of the molecule is O=C1C=CC(=O)N1CCOCCOCCOCC1C2CCC#CCCC21. The van der Waals surface area contributed by atoms with Crippen LogP contribution in [0.15, 0.2) is 12.2 Å². The van der Waals surface area contributed by atoms with Crippen molar-refractivity contribution in [1.82, 2.24) is 4.90 Å². The van der Waals surface area contributed by atoms with Gasteiger partial charge in [-0.25, -0.2) is 0 Å². The maximum absolute atomic E-state index is 11.3. The van der Waals surface area contributed by atoms with Gasteiger partial charge in [0.15, 0.2) is 0 Å². The van der Waals surface area contributed by atoms with E-state index in [1.807, 2.05) is 0 Å². The van der Waals surface area contributed by atoms with Crippen molar-refractivity contribution in [1.29, 1.82) is 0 Å². The van der Waals surface area contributed by atoms with Gasteiger partial charge in [-0.05, 0) is 30.6 Å². The second-order valence-electron chi connectivity index (χ2n) is 6.88. The minimum Gasteiger partial charge on any atom is -0.379 e. The lowest BCUT2D eigenvalue weighted by atomic mass is 10.1. The molecule has 2 atom stereocenters. The predicted octanol–water partition coefficient (Wildman–Crippen LogP) is 1.40. The normalized spacial score (nSPS) is 26.9. The Kier molecular flexibility index (Phi) is 7.24. The second-order valence-corrected chi connectivity index (χ2v) is 6.88. The standard InChI is InChI=1S/C20H27NO5/c22-19-7-8-20(23)21(19)9-10-24-11-12-25-13-14-26-15-18-16-5-3-1-2-4-6-17(16)18/h7-8,16-18H,3-6,9-15H2. The van der Waals surface area contributed by atoms with Crippen molar-refractivity contribution in [3.63, 3.8) is 0 Å². The van der Waals surface area contributed by atoms with E-state index in [1.54, 1.807) is 0 Å². The number of fused-ring (bicyclic) bond motifs is 1. The first kappa shape index (κ1) is 19.1. The molecule has 2 amide bonds. The molecule has 2 aliphatic carbocycles. The molecular weight excluding hydrogens is 334 g/mol. The Morgan fingerprint density at radius 3 is 2.00 bits per heavy atom. The van der Waals surface area contributed by atoms with Gasteiger partial charge in [0, 0.05) is 25.0 Å². The van der Waals surface area contributed by atoms with Gasteiger partial charge in [0.2, 0.25) is 0 Å². The fraction of sp³-hybridized carbons (Fsp3) is 0.700. The number of rotatable bonds is 11. The van der Waals surface area contributed by atoms with Gasteiger partial charge in [0.25, 0.3) is 11.8 Å². The van der Waals surface area contributed by atoms with Crippen LogP contribution >= 0.6 is 0 Å². The number of hydrogen-bond donors (Lipinski definition) is 0. The van der Waals surface area contributed by atoms with Gasteiger partial charge in [-0.2, -0.15) is 0 Å². The minimum atomic E-state index is -0.277. The van der Waals surface area contributed by atoms with Crippen LogP contribution < -0.4 is 0 Å². The molecule has 0 bridgehead atoms. The Hall–Kier alpha value is -1.68. The fourth-order valence-electron chi connectivity index (χ4n) is 3.75. The maximum Gasteiger partial charge on any atom is 0.253 e. The van der Waals surface area contributed by atoms with E-state index >= 15 is 0 Å². The Balaban J connectivity index is 1.11. The molecule has 0 aromatic rings. The first-order valence-electron chi connectivity index (χ1n) is 9.50. The van der Waals surface area contributed by atoms with Crippen molar-refractivity contribution in [2.45, 2.75) is 25.7 Å². The van der Waals surface area contributed by atoms with Crippen LogP contribution in [0.3, 0.4) is 0 Å². The molecule has 0 aromatic heterocycles. The minimum absolute atomic E-state index is 0.277. The van der Waals surface area contributed by atoms with Crippen LogP contribution in [0, 0.1) is 29.6 Å². The average molecular weight is 361 g/mol. The molecule has 0 aromatic carbocycles. The lowest BCUT2D eigenvalue weighted by molar-refractivity contribution is -0.137. The summed E-state index contributed by atoms with van der Waals surface area (Å²) >= 11 is 0. The highest BCUT2D eigenvalue weighted by molar-refractivity contribution is 6.12. The zero-order valence-corrected chi connectivity index (χ0v) is 15.2. The van der Waals surface area contributed by atoms with E-state index in [0.717, 1.165) is 31.3 Å². The first-order chi connectivity index (χ1) is 12.8. The topological polar surface area (TPSA) is 65.1 Å². The Morgan fingerprint density at radius 1 is 0.846 bits per heavy atom. The van der Waals surface area contributed by atoms with E-state index in [9.17, 15) is 9.59 Å². The summed E-state index contributed by atoms with van der Waals surface area (Å²) in [5.74, 6) is 8.26. The van der Waals surface area contributed by atoms with Crippen molar-refractivity contribution in [2.75, 3.05) is 46.2 Å². The third-order valence-corrected chi connectivity index (χ3v) is 5.25. The molecule has 0 saturated heterocycles. The van der Waals surface area contributed by atoms with Crippen LogP contribution in [-0.2, 0) is 23.8 Å². The van der Waals surface area contributed by atoms with E-state index in [0.29, 0.717) is 39.0 Å². The molecule has 0 radical (unpaired) electrons. The molecule has 142 valence electrons. The number of amides is 2. The Morgan fingerprint density at radius 2 is 1.38 bits per heavy atom. The summed E-state index contributed by atoms with van der Waals surface area (Å²) in [6, 6.07) is 0. The number of hydrogen-bond acceptors (Lipinski definition) is 5. The molecule has 1 aliphatic heterocycles. The summed E-state index contributed by atoms with van der Waals surface area (Å²) in [6.07, 6.45) is 7.08. The van der Waals surface area contributed by atoms with Gasteiger partial charge >= 0.3 is 0 Å². The van der Waals surface area contributed by atoms with E-state index < -0.39 is 0 Å². The van der Waals surface area contributed by atoms with Crippen LogP contribution in [-0.4, -0.2) is 62.9 Å². The van der Waals surface area contributed by atoms with Crippen molar-refractivity contribution >= 4 is 11.8 Å². The van der Waals surface area contributed by atoms with E-state index in [2.05, 4.69) is 11.8 Å². The lowest BCUT2D eigenvalue weighted by Crippen LogP contribution is -2.33. The number of nitrogens with zero attached hydrogens (tertiary/aromatic N) is 1. The maximum atomic E-state index is 11.3. The van der Waals surface area contributed by atoms with Crippen molar-refractivity contribution in [3.8, 4) is 11.8 Å². The van der Waals surface area contributed by atoms with Gasteiger partial charge in [-0.1, -0.05) is 0 Å². The molecule has 0 N–H and O–H groups in total. The number of carbonyl (C=O) groups is 2. The second kappa shape index (κ2) is 9.86. The summed E-state index contributed by atoms with van der Waals surface area (Å²) in [4.78, 5) is 23.8. The first-order valence-corrected chi connectivity index (χ1v) is 9.50. The number of carbonyl (C=O) groups excluding carboxylic acids is 2. The summed E-state index contributed by atoms with van der Waals surface area (Å²) < 4.78 is 16.6. The number of ether oxygens (including phenoxy) is 3. The van der Waals surface area contributed by atoms with E-state index in [4.69, 9.17) is 14.2 Å². The van der Waals surface area contributed by atoms with Crippen molar-refractivity contribution in [2.24, 2.45) is 17.8 Å². The van der Waals surface area contributed by atoms with Crippen LogP contribution in [0.2, 0.25) is 0 Å². The van der Waals surface area contributed by atoms with Gasteiger partial charge in [0.1, 0.15) is 0 Å². The molecule has 2 unspecified atom stereocenters. The van der Waals surface area contributed by atoms with E-state index in [1.165, 1.54) is 29.9 Å². The summed E-state index contributed by atoms with van der Waals surface area (Å²) in [5.41, 5.74) is 0. The molecule has 1 saturated carbocycles. The summed E-state index contributed by atoms with van der Waals surface area (Å²) in [7, 11) is 0. The highest BCUT2D eigenvalue weighted by Crippen LogP contribution is 2.52. The van der Waals surface area contributed by atoms with Gasteiger partial charge in [0.05, 0.1) is 46.2 Å². The molecule has 26 heavy (non-hydrogen) atoms. The molecule has 1 fully saturated rings. The monoisotopic (exact) mass is 361 g/mol. The Labute approximate surface area is 154 Å². The highest BCUT2D eigenvalue weighted by Gasteiger charge is 2.48. The zero-order chi connectivity index (χ0) is 18.2. The van der Waals surface area contributed by atoms with Crippen LogP contribution in [0.5, 0.6) is 0 Å². The van der Waals surface area contributed by atoms with E-state index in [-0.39, 0.29) is 18.4 Å². The van der Waals surface area contributed by atoms with Gasteiger partial charge in [-0.15, -0.1) is 11.8 Å². The molecule has 6 heteroatoms. The lowest BCUT2D eigenvalue weighted by Gasteiger charge is -2.13. The molecule has 3 rings (SSSR count). The third-order valence-electron chi connectivity index (χ3n) is 5.25. The summed E-state index contributed by atoms with van der Waals surface area (Å²) in [6.45, 7) is 3.53. The molecular formula is C20H27NO5. The molecule has 1 heterocycles. The zero-order valence-electron chi connectivity index (χ0n) is 15.2. The molecule has 3 aliphatic rings. The number of imide groups is 1. The van der Waals surface area contributed by atoms with Crippen molar-refractivity contribution < 1.29 is 23.8 Å². The van der Waals surface area contributed by atoms with Gasteiger partial charge in [-0.3, -0.25) is 14.5 Å². The van der Waals surface area contributed by atoms with Crippen LogP contribution in [0.1, 0.15) is 25.7 Å². The Bertz CT molecular complexity index is 555. The van der Waals surface area contributed by atoms with Gasteiger partial charge < -0.3 is 14.2 Å². The predicted molar refractivity (Wildman–Crippen MR) is 95.0 cm³/mol. The average Bonchev–Trinajstić information content (AvgIpc) is 3.14. The quantitative estimate of drug-likeness (QED) is 0.316. The van der Waals surface area contributed by atoms with Crippen LogP contribution in [0.4, 0.5) is 0 Å². The van der Waals surface area contributed by atoms with Crippen molar-refractivity contribution in [3.05, 3.63) is 12.2 Å². The largest absolute Gasteiger partial charge is 0.379 e. The molecule has 6 nitrogen and oxygen atoms in total.